The Hall–Kier alpha value is -2.53. The molecule has 0 saturated heterocycles. The highest BCUT2D eigenvalue weighted by molar-refractivity contribution is 9.10. The Labute approximate surface area is 175 Å². The normalized spacial score (nSPS) is 11.3. The first-order valence-corrected chi connectivity index (χ1v) is 10.2. The molecule has 0 unspecified atom stereocenters. The van der Waals surface area contributed by atoms with Crippen LogP contribution in [0.1, 0.15) is 35.6 Å². The zero-order valence-electron chi connectivity index (χ0n) is 16.5. The molecule has 146 valence electrons. The fraction of sp³-hybridized carbons (Fsp3) is 0.261. The first-order valence-electron chi connectivity index (χ1n) is 9.39. The van der Waals surface area contributed by atoms with Gasteiger partial charge in [-0.3, -0.25) is 4.79 Å². The number of halogens is 1. The molecule has 5 heteroatoms. The first kappa shape index (κ1) is 20.2. The third-order valence-corrected chi connectivity index (χ3v) is 5.37. The van der Waals surface area contributed by atoms with Crippen molar-refractivity contribution in [3.8, 4) is 0 Å². The van der Waals surface area contributed by atoms with E-state index in [0.29, 0.717) is 12.2 Å². The van der Waals surface area contributed by atoms with E-state index in [-0.39, 0.29) is 11.4 Å². The molecule has 0 spiro atoms. The lowest BCUT2D eigenvalue weighted by molar-refractivity contribution is 0.0945. The number of carbonyl (C=O) groups is 1. The van der Waals surface area contributed by atoms with Crippen molar-refractivity contribution in [3.05, 3.63) is 88.2 Å². The second kappa shape index (κ2) is 8.65. The van der Waals surface area contributed by atoms with Gasteiger partial charge in [0.05, 0.1) is 5.54 Å². The van der Waals surface area contributed by atoms with Crippen LogP contribution in [0.5, 0.6) is 0 Å². The second-order valence-corrected chi connectivity index (χ2v) is 8.33. The minimum atomic E-state index is -0.328. The monoisotopic (exact) mass is 439 g/mol. The number of hydrogen-bond donors (Lipinski definition) is 2. The van der Waals surface area contributed by atoms with Gasteiger partial charge in [0.2, 0.25) is 0 Å². The van der Waals surface area contributed by atoms with Gasteiger partial charge in [0.15, 0.2) is 0 Å². The summed E-state index contributed by atoms with van der Waals surface area (Å²) < 4.78 is 3.01. The summed E-state index contributed by atoms with van der Waals surface area (Å²) >= 11 is 3.46. The van der Waals surface area contributed by atoms with Crippen molar-refractivity contribution >= 4 is 27.5 Å². The Balaban J connectivity index is 1.66. The molecule has 2 aromatic carbocycles. The molecule has 2 N–H and O–H groups in total. The standard InChI is InChI=1S/C23H26BrN3O/c1-23(2,26-19-11-9-18(24)10-12-19)21-14-13-20(27(21)3)22(28)25-16-15-17-7-5-4-6-8-17/h4-14,26H,15-16H2,1-3H3,(H,25,28). The van der Waals surface area contributed by atoms with Crippen molar-refractivity contribution in [1.29, 1.82) is 0 Å². The highest BCUT2D eigenvalue weighted by Crippen LogP contribution is 2.27. The fourth-order valence-electron chi connectivity index (χ4n) is 3.38. The lowest BCUT2D eigenvalue weighted by Gasteiger charge is -2.29. The summed E-state index contributed by atoms with van der Waals surface area (Å²) in [4.78, 5) is 12.6. The van der Waals surface area contributed by atoms with E-state index in [0.717, 1.165) is 22.3 Å². The summed E-state index contributed by atoms with van der Waals surface area (Å²) in [5.41, 5.74) is 3.63. The van der Waals surface area contributed by atoms with Crippen LogP contribution in [0.15, 0.2) is 71.2 Å². The van der Waals surface area contributed by atoms with Gasteiger partial charge in [-0.2, -0.15) is 0 Å². The molecule has 28 heavy (non-hydrogen) atoms. The SMILES string of the molecule is Cn1c(C(=O)NCCc2ccccc2)ccc1C(C)(C)Nc1ccc(Br)cc1. The second-order valence-electron chi connectivity index (χ2n) is 7.41. The molecule has 1 amide bonds. The van der Waals surface area contributed by atoms with E-state index in [1.807, 2.05) is 66.2 Å². The van der Waals surface area contributed by atoms with Crippen LogP contribution in [0.4, 0.5) is 5.69 Å². The van der Waals surface area contributed by atoms with E-state index in [9.17, 15) is 4.79 Å². The van der Waals surface area contributed by atoms with Crippen molar-refractivity contribution in [2.24, 2.45) is 7.05 Å². The van der Waals surface area contributed by atoms with Crippen molar-refractivity contribution in [3.63, 3.8) is 0 Å². The predicted octanol–water partition coefficient (Wildman–Crippen LogP) is 5.11. The molecule has 4 nitrogen and oxygen atoms in total. The summed E-state index contributed by atoms with van der Waals surface area (Å²) in [6, 6.07) is 22.2. The van der Waals surface area contributed by atoms with Gasteiger partial charge in [-0.1, -0.05) is 46.3 Å². The lowest BCUT2D eigenvalue weighted by atomic mass is 10.00. The van der Waals surface area contributed by atoms with Gasteiger partial charge in [-0.15, -0.1) is 0 Å². The van der Waals surface area contributed by atoms with E-state index in [2.05, 4.69) is 52.5 Å². The molecule has 0 saturated carbocycles. The topological polar surface area (TPSA) is 46.1 Å². The molecule has 0 aliphatic heterocycles. The molecule has 1 aromatic heterocycles. The summed E-state index contributed by atoms with van der Waals surface area (Å²) in [6.07, 6.45) is 0.820. The minimum Gasteiger partial charge on any atom is -0.375 e. The van der Waals surface area contributed by atoms with Gasteiger partial charge < -0.3 is 15.2 Å². The number of aromatic nitrogens is 1. The zero-order valence-corrected chi connectivity index (χ0v) is 18.1. The zero-order chi connectivity index (χ0) is 20.1. The van der Waals surface area contributed by atoms with Crippen LogP contribution in [0.25, 0.3) is 0 Å². The largest absolute Gasteiger partial charge is 0.375 e. The highest BCUT2D eigenvalue weighted by atomic mass is 79.9. The molecular weight excluding hydrogens is 414 g/mol. The van der Waals surface area contributed by atoms with Crippen molar-refractivity contribution in [1.82, 2.24) is 9.88 Å². The molecule has 0 aliphatic rings. The number of nitrogens with one attached hydrogen (secondary N) is 2. The minimum absolute atomic E-state index is 0.0517. The molecule has 0 aliphatic carbocycles. The van der Waals surface area contributed by atoms with Crippen LogP contribution in [0.3, 0.4) is 0 Å². The molecule has 0 fully saturated rings. The number of hydrogen-bond acceptors (Lipinski definition) is 2. The van der Waals surface area contributed by atoms with E-state index in [4.69, 9.17) is 0 Å². The average Bonchev–Trinajstić information content (AvgIpc) is 3.07. The van der Waals surface area contributed by atoms with E-state index in [1.165, 1.54) is 5.56 Å². The van der Waals surface area contributed by atoms with Crippen LogP contribution in [0.2, 0.25) is 0 Å². The molecule has 3 rings (SSSR count). The molecule has 0 atom stereocenters. The Morgan fingerprint density at radius 3 is 2.36 bits per heavy atom. The first-order chi connectivity index (χ1) is 13.4. The number of rotatable bonds is 7. The molecular formula is C23H26BrN3O. The number of carbonyl (C=O) groups excluding carboxylic acids is 1. The summed E-state index contributed by atoms with van der Waals surface area (Å²) in [6.45, 7) is 4.84. The Morgan fingerprint density at radius 1 is 1.00 bits per heavy atom. The van der Waals surface area contributed by atoms with Crippen molar-refractivity contribution < 1.29 is 4.79 Å². The third-order valence-electron chi connectivity index (χ3n) is 4.84. The Bertz CT molecular complexity index is 930. The van der Waals surface area contributed by atoms with Crippen LogP contribution < -0.4 is 10.6 Å². The van der Waals surface area contributed by atoms with Crippen LogP contribution >= 0.6 is 15.9 Å². The lowest BCUT2D eigenvalue weighted by Crippen LogP contribution is -2.32. The van der Waals surface area contributed by atoms with Crippen LogP contribution in [-0.4, -0.2) is 17.0 Å². The third kappa shape index (κ3) is 4.84. The number of anilines is 1. The maximum absolute atomic E-state index is 12.6. The number of nitrogens with zero attached hydrogens (tertiary/aromatic N) is 1. The predicted molar refractivity (Wildman–Crippen MR) is 119 cm³/mol. The molecule has 1 heterocycles. The van der Waals surface area contributed by atoms with Crippen LogP contribution in [-0.2, 0) is 19.0 Å². The Kier molecular flexibility index (Phi) is 6.25. The van der Waals surface area contributed by atoms with E-state index < -0.39 is 0 Å². The van der Waals surface area contributed by atoms with Crippen molar-refractivity contribution in [2.45, 2.75) is 25.8 Å². The van der Waals surface area contributed by atoms with Crippen molar-refractivity contribution in [2.75, 3.05) is 11.9 Å². The summed E-state index contributed by atoms with van der Waals surface area (Å²) in [5, 5.41) is 6.57. The number of benzene rings is 2. The average molecular weight is 440 g/mol. The summed E-state index contributed by atoms with van der Waals surface area (Å²) in [7, 11) is 1.94. The number of amides is 1. The molecule has 3 aromatic rings. The molecule has 0 radical (unpaired) electrons. The Morgan fingerprint density at radius 2 is 1.68 bits per heavy atom. The smallest absolute Gasteiger partial charge is 0.267 e. The van der Waals surface area contributed by atoms with Gasteiger partial charge >= 0.3 is 0 Å². The fourth-order valence-corrected chi connectivity index (χ4v) is 3.64. The van der Waals surface area contributed by atoms with E-state index >= 15 is 0 Å². The highest BCUT2D eigenvalue weighted by Gasteiger charge is 2.25. The van der Waals surface area contributed by atoms with Gasteiger partial charge in [0.25, 0.3) is 5.91 Å². The molecule has 0 bridgehead atoms. The van der Waals surface area contributed by atoms with Gasteiger partial charge in [0, 0.05) is 29.4 Å². The van der Waals surface area contributed by atoms with Crippen LogP contribution in [0, 0.1) is 0 Å². The van der Waals surface area contributed by atoms with Gasteiger partial charge in [0.1, 0.15) is 5.69 Å². The summed E-state index contributed by atoms with van der Waals surface area (Å²) in [5.74, 6) is -0.0517. The maximum atomic E-state index is 12.6. The van der Waals surface area contributed by atoms with E-state index in [1.54, 1.807) is 0 Å². The quantitative estimate of drug-likeness (QED) is 0.537. The van der Waals surface area contributed by atoms with Gasteiger partial charge in [-0.05, 0) is 62.2 Å². The van der Waals surface area contributed by atoms with Gasteiger partial charge in [-0.25, -0.2) is 0 Å². The maximum Gasteiger partial charge on any atom is 0.267 e.